The minimum absolute atomic E-state index is 0.163. The van der Waals surface area contributed by atoms with Gasteiger partial charge in [0.1, 0.15) is 5.54 Å². The SMILES string of the molecule is CC(O)CCNC1(C(F)(F)F)CC1. The van der Waals surface area contributed by atoms with Crippen molar-refractivity contribution < 1.29 is 18.3 Å². The van der Waals surface area contributed by atoms with Gasteiger partial charge in [-0.15, -0.1) is 0 Å². The largest absolute Gasteiger partial charge is 0.406 e. The molecule has 0 heterocycles. The first kappa shape index (κ1) is 10.8. The molecule has 13 heavy (non-hydrogen) atoms. The Kier molecular flexibility index (Phi) is 2.87. The fourth-order valence-electron chi connectivity index (χ4n) is 1.21. The maximum atomic E-state index is 12.3. The van der Waals surface area contributed by atoms with Crippen molar-refractivity contribution >= 4 is 0 Å². The molecule has 0 saturated heterocycles. The molecular formula is C8H14F3NO. The van der Waals surface area contributed by atoms with E-state index in [1.165, 1.54) is 0 Å². The third kappa shape index (κ3) is 2.57. The first-order valence-electron chi connectivity index (χ1n) is 4.37. The van der Waals surface area contributed by atoms with Crippen LogP contribution in [0.1, 0.15) is 26.2 Å². The summed E-state index contributed by atoms with van der Waals surface area (Å²) in [6, 6.07) is 0. The van der Waals surface area contributed by atoms with Gasteiger partial charge in [0, 0.05) is 0 Å². The summed E-state index contributed by atoms with van der Waals surface area (Å²) in [7, 11) is 0. The molecule has 0 bridgehead atoms. The highest BCUT2D eigenvalue weighted by Gasteiger charge is 2.62. The van der Waals surface area contributed by atoms with E-state index in [-0.39, 0.29) is 19.4 Å². The number of halogens is 3. The van der Waals surface area contributed by atoms with Crippen LogP contribution in [0.2, 0.25) is 0 Å². The zero-order valence-electron chi connectivity index (χ0n) is 7.49. The maximum Gasteiger partial charge on any atom is 0.406 e. The van der Waals surface area contributed by atoms with Gasteiger partial charge >= 0.3 is 6.18 Å². The molecule has 2 N–H and O–H groups in total. The minimum Gasteiger partial charge on any atom is -0.393 e. The minimum atomic E-state index is -4.15. The average Bonchev–Trinajstić information content (AvgIpc) is 2.65. The van der Waals surface area contributed by atoms with E-state index in [0.29, 0.717) is 6.42 Å². The van der Waals surface area contributed by atoms with Crippen molar-refractivity contribution in [1.82, 2.24) is 5.32 Å². The van der Waals surface area contributed by atoms with E-state index in [1.54, 1.807) is 6.92 Å². The Balaban J connectivity index is 2.29. The fraction of sp³-hybridized carbons (Fsp3) is 1.00. The normalized spacial score (nSPS) is 22.8. The van der Waals surface area contributed by atoms with Crippen LogP contribution in [-0.4, -0.2) is 29.5 Å². The van der Waals surface area contributed by atoms with E-state index in [4.69, 9.17) is 5.11 Å². The van der Waals surface area contributed by atoms with E-state index in [2.05, 4.69) is 5.32 Å². The van der Waals surface area contributed by atoms with Crippen LogP contribution in [-0.2, 0) is 0 Å². The molecule has 1 fully saturated rings. The predicted molar refractivity (Wildman–Crippen MR) is 42.3 cm³/mol. The van der Waals surface area contributed by atoms with Gasteiger partial charge in [-0.05, 0) is 32.7 Å². The first-order valence-corrected chi connectivity index (χ1v) is 4.37. The van der Waals surface area contributed by atoms with Crippen LogP contribution >= 0.6 is 0 Å². The van der Waals surface area contributed by atoms with Crippen molar-refractivity contribution in [1.29, 1.82) is 0 Å². The average molecular weight is 197 g/mol. The summed E-state index contributed by atoms with van der Waals surface area (Å²) in [5.41, 5.74) is -1.64. The second-order valence-electron chi connectivity index (χ2n) is 3.64. The lowest BCUT2D eigenvalue weighted by Crippen LogP contribution is -2.45. The Morgan fingerprint density at radius 1 is 1.46 bits per heavy atom. The van der Waals surface area contributed by atoms with Crippen LogP contribution in [0, 0.1) is 0 Å². The molecule has 0 aromatic heterocycles. The predicted octanol–water partition coefficient (Wildman–Crippen LogP) is 1.44. The third-order valence-electron chi connectivity index (χ3n) is 2.32. The van der Waals surface area contributed by atoms with Crippen molar-refractivity contribution in [3.8, 4) is 0 Å². The Morgan fingerprint density at radius 3 is 2.31 bits per heavy atom. The number of hydrogen-bond acceptors (Lipinski definition) is 2. The molecule has 1 aliphatic rings. The molecule has 1 aliphatic carbocycles. The van der Waals surface area contributed by atoms with Crippen LogP contribution in [0.15, 0.2) is 0 Å². The van der Waals surface area contributed by atoms with E-state index in [1.807, 2.05) is 0 Å². The van der Waals surface area contributed by atoms with Gasteiger partial charge in [0.15, 0.2) is 0 Å². The van der Waals surface area contributed by atoms with Crippen LogP contribution in [0.5, 0.6) is 0 Å². The second-order valence-corrected chi connectivity index (χ2v) is 3.64. The van der Waals surface area contributed by atoms with Crippen molar-refractivity contribution in [2.75, 3.05) is 6.54 Å². The van der Waals surface area contributed by atoms with Gasteiger partial charge in [0.25, 0.3) is 0 Å². The van der Waals surface area contributed by atoms with E-state index in [9.17, 15) is 13.2 Å². The number of alkyl halides is 3. The zero-order chi connectivity index (χ0) is 10.1. The van der Waals surface area contributed by atoms with Crippen molar-refractivity contribution in [2.45, 2.75) is 44.0 Å². The summed E-state index contributed by atoms with van der Waals surface area (Å²) >= 11 is 0. The molecule has 1 atom stereocenters. The molecule has 1 saturated carbocycles. The maximum absolute atomic E-state index is 12.3. The van der Waals surface area contributed by atoms with Gasteiger partial charge in [0.05, 0.1) is 6.10 Å². The molecule has 1 unspecified atom stereocenters. The van der Waals surface area contributed by atoms with Gasteiger partial charge in [-0.2, -0.15) is 13.2 Å². The summed E-state index contributed by atoms with van der Waals surface area (Å²) in [4.78, 5) is 0. The standard InChI is InChI=1S/C8H14F3NO/c1-6(13)2-5-12-7(3-4-7)8(9,10)11/h6,12-13H,2-5H2,1H3. The van der Waals surface area contributed by atoms with Gasteiger partial charge in [0.2, 0.25) is 0 Å². The summed E-state index contributed by atoms with van der Waals surface area (Å²) < 4.78 is 36.9. The van der Waals surface area contributed by atoms with Crippen molar-refractivity contribution in [3.05, 3.63) is 0 Å². The van der Waals surface area contributed by atoms with E-state index >= 15 is 0 Å². The Bertz CT molecular complexity index is 175. The molecule has 0 aromatic rings. The summed E-state index contributed by atoms with van der Waals surface area (Å²) in [6.07, 6.45) is -4.01. The van der Waals surface area contributed by atoms with Gasteiger partial charge in [-0.25, -0.2) is 0 Å². The lowest BCUT2D eigenvalue weighted by molar-refractivity contribution is -0.166. The summed E-state index contributed by atoms with van der Waals surface area (Å²) in [6.45, 7) is 1.78. The lowest BCUT2D eigenvalue weighted by atomic mass is 10.2. The molecular weight excluding hydrogens is 183 g/mol. The number of nitrogens with one attached hydrogen (secondary N) is 1. The highest BCUT2D eigenvalue weighted by Crippen LogP contribution is 2.48. The number of aliphatic hydroxyl groups is 1. The zero-order valence-corrected chi connectivity index (χ0v) is 7.49. The number of rotatable bonds is 4. The first-order chi connectivity index (χ1) is 5.87. The second kappa shape index (κ2) is 3.46. The van der Waals surface area contributed by atoms with Crippen LogP contribution in [0.3, 0.4) is 0 Å². The number of aliphatic hydroxyl groups excluding tert-OH is 1. The molecule has 0 spiro atoms. The van der Waals surface area contributed by atoms with E-state index in [0.717, 1.165) is 0 Å². The third-order valence-corrected chi connectivity index (χ3v) is 2.32. The van der Waals surface area contributed by atoms with Crippen molar-refractivity contribution in [3.63, 3.8) is 0 Å². The van der Waals surface area contributed by atoms with Crippen molar-refractivity contribution in [2.24, 2.45) is 0 Å². The number of hydrogen-bond donors (Lipinski definition) is 2. The highest BCUT2D eigenvalue weighted by molar-refractivity contribution is 5.07. The molecule has 0 amide bonds. The molecule has 2 nitrogen and oxygen atoms in total. The molecule has 0 aromatic carbocycles. The Labute approximate surface area is 75.1 Å². The monoisotopic (exact) mass is 197 g/mol. The molecule has 1 rings (SSSR count). The van der Waals surface area contributed by atoms with Gasteiger partial charge in [-0.3, -0.25) is 0 Å². The van der Waals surface area contributed by atoms with Gasteiger partial charge < -0.3 is 10.4 Å². The summed E-state index contributed by atoms with van der Waals surface area (Å²) in [5.74, 6) is 0. The van der Waals surface area contributed by atoms with Gasteiger partial charge in [-0.1, -0.05) is 0 Å². The molecule has 5 heteroatoms. The van der Waals surface area contributed by atoms with Crippen LogP contribution in [0.25, 0.3) is 0 Å². The van der Waals surface area contributed by atoms with Crippen LogP contribution < -0.4 is 5.32 Å². The quantitative estimate of drug-likeness (QED) is 0.714. The lowest BCUT2D eigenvalue weighted by Gasteiger charge is -2.20. The highest BCUT2D eigenvalue weighted by atomic mass is 19.4. The summed E-state index contributed by atoms with van der Waals surface area (Å²) in [5, 5.41) is 11.3. The van der Waals surface area contributed by atoms with Crippen LogP contribution in [0.4, 0.5) is 13.2 Å². The van der Waals surface area contributed by atoms with E-state index < -0.39 is 17.8 Å². The Morgan fingerprint density at radius 2 is 2.00 bits per heavy atom. The fourth-order valence-corrected chi connectivity index (χ4v) is 1.21. The molecule has 0 aliphatic heterocycles. The molecule has 0 radical (unpaired) electrons. The topological polar surface area (TPSA) is 32.3 Å². The molecule has 78 valence electrons. The smallest absolute Gasteiger partial charge is 0.393 e. The Hall–Kier alpha value is -0.290.